The summed E-state index contributed by atoms with van der Waals surface area (Å²) in [5, 5.41) is 3.62. The molecule has 5 nitrogen and oxygen atoms in total. The van der Waals surface area contributed by atoms with Crippen LogP contribution in [0.1, 0.15) is 12.5 Å². The minimum absolute atomic E-state index is 0.131. The first kappa shape index (κ1) is 20.8. The van der Waals surface area contributed by atoms with Crippen molar-refractivity contribution >= 4 is 62.1 Å². The SMILES string of the molecule is Cc1ccc(NC(=O)[C@@H](C)N(c2cc(Cl)ccc2Cl)S(C)(=O)=O)cc1Cl. The molecule has 2 aromatic rings. The maximum Gasteiger partial charge on any atom is 0.247 e. The Morgan fingerprint density at radius 1 is 1.08 bits per heavy atom. The van der Waals surface area contributed by atoms with Gasteiger partial charge in [0.15, 0.2) is 0 Å². The molecule has 26 heavy (non-hydrogen) atoms. The summed E-state index contributed by atoms with van der Waals surface area (Å²) >= 11 is 18.1. The van der Waals surface area contributed by atoms with E-state index >= 15 is 0 Å². The number of carbonyl (C=O) groups excluding carboxylic acids is 1. The molecule has 0 aliphatic rings. The number of carbonyl (C=O) groups is 1. The Hall–Kier alpha value is -1.47. The molecule has 140 valence electrons. The fourth-order valence-electron chi connectivity index (χ4n) is 2.35. The minimum atomic E-state index is -3.81. The summed E-state index contributed by atoms with van der Waals surface area (Å²) in [6.07, 6.45) is 0.997. The Morgan fingerprint density at radius 2 is 1.73 bits per heavy atom. The van der Waals surface area contributed by atoms with Crippen LogP contribution in [0, 0.1) is 6.92 Å². The predicted octanol–water partition coefficient (Wildman–Crippen LogP) is 4.75. The Morgan fingerprint density at radius 3 is 2.31 bits per heavy atom. The van der Waals surface area contributed by atoms with E-state index in [0.29, 0.717) is 15.7 Å². The largest absolute Gasteiger partial charge is 0.324 e. The Kier molecular flexibility index (Phi) is 6.45. The smallest absolute Gasteiger partial charge is 0.247 e. The van der Waals surface area contributed by atoms with Crippen LogP contribution < -0.4 is 9.62 Å². The number of nitrogens with one attached hydrogen (secondary N) is 1. The van der Waals surface area contributed by atoms with Gasteiger partial charge in [0.2, 0.25) is 15.9 Å². The maximum absolute atomic E-state index is 12.6. The number of sulfonamides is 1. The highest BCUT2D eigenvalue weighted by Crippen LogP contribution is 2.32. The van der Waals surface area contributed by atoms with Gasteiger partial charge in [0.05, 0.1) is 17.0 Å². The van der Waals surface area contributed by atoms with Crippen molar-refractivity contribution in [3.63, 3.8) is 0 Å². The summed E-state index contributed by atoms with van der Waals surface area (Å²) in [5.41, 5.74) is 1.45. The molecule has 0 spiro atoms. The van der Waals surface area contributed by atoms with Crippen LogP contribution in [0.25, 0.3) is 0 Å². The summed E-state index contributed by atoms with van der Waals surface area (Å²) in [4.78, 5) is 12.6. The van der Waals surface area contributed by atoms with E-state index in [-0.39, 0.29) is 10.7 Å². The van der Waals surface area contributed by atoms with Crippen LogP contribution in [0.2, 0.25) is 15.1 Å². The van der Waals surface area contributed by atoms with E-state index in [9.17, 15) is 13.2 Å². The molecule has 0 saturated heterocycles. The van der Waals surface area contributed by atoms with Crippen LogP contribution in [0.5, 0.6) is 0 Å². The van der Waals surface area contributed by atoms with Crippen molar-refractivity contribution in [1.29, 1.82) is 0 Å². The number of rotatable bonds is 5. The van der Waals surface area contributed by atoms with Gasteiger partial charge in [0.25, 0.3) is 0 Å². The van der Waals surface area contributed by atoms with Gasteiger partial charge in [-0.1, -0.05) is 40.9 Å². The van der Waals surface area contributed by atoms with E-state index in [0.717, 1.165) is 16.1 Å². The van der Waals surface area contributed by atoms with Gasteiger partial charge in [-0.25, -0.2) is 8.42 Å². The van der Waals surface area contributed by atoms with Crippen molar-refractivity contribution in [3.05, 3.63) is 57.0 Å². The molecule has 0 bridgehead atoms. The minimum Gasteiger partial charge on any atom is -0.324 e. The second-order valence-corrected chi connectivity index (χ2v) is 8.89. The third-order valence-corrected chi connectivity index (χ3v) is 5.86. The first-order chi connectivity index (χ1) is 12.0. The molecule has 0 saturated carbocycles. The number of halogens is 3. The first-order valence-corrected chi connectivity index (χ1v) is 10.5. The molecule has 9 heteroatoms. The van der Waals surface area contributed by atoms with E-state index in [1.807, 2.05) is 6.92 Å². The zero-order chi connectivity index (χ0) is 19.6. The van der Waals surface area contributed by atoms with E-state index in [2.05, 4.69) is 5.32 Å². The number of amides is 1. The van der Waals surface area contributed by atoms with Crippen LogP contribution in [0.3, 0.4) is 0 Å². The second kappa shape index (κ2) is 8.05. The van der Waals surface area contributed by atoms with Gasteiger partial charge in [-0.2, -0.15) is 0 Å². The van der Waals surface area contributed by atoms with Crippen LogP contribution in [0.15, 0.2) is 36.4 Å². The average Bonchev–Trinajstić information content (AvgIpc) is 2.53. The normalized spacial score (nSPS) is 12.5. The third-order valence-electron chi connectivity index (χ3n) is 3.67. The van der Waals surface area contributed by atoms with Crippen molar-refractivity contribution in [3.8, 4) is 0 Å². The molecular weight excluding hydrogens is 419 g/mol. The monoisotopic (exact) mass is 434 g/mol. The first-order valence-electron chi connectivity index (χ1n) is 7.52. The van der Waals surface area contributed by atoms with Gasteiger partial charge < -0.3 is 5.32 Å². The molecule has 0 aromatic heterocycles. The molecule has 1 amide bonds. The van der Waals surface area contributed by atoms with Crippen molar-refractivity contribution < 1.29 is 13.2 Å². The zero-order valence-electron chi connectivity index (χ0n) is 14.3. The quantitative estimate of drug-likeness (QED) is 0.737. The van der Waals surface area contributed by atoms with E-state index in [4.69, 9.17) is 34.8 Å². The van der Waals surface area contributed by atoms with E-state index in [1.165, 1.54) is 25.1 Å². The third kappa shape index (κ3) is 4.82. The van der Waals surface area contributed by atoms with Crippen molar-refractivity contribution in [2.75, 3.05) is 15.9 Å². The number of benzene rings is 2. The molecule has 2 rings (SSSR count). The average molecular weight is 436 g/mol. The Balaban J connectivity index is 2.37. The molecule has 0 aliphatic carbocycles. The van der Waals surface area contributed by atoms with Gasteiger partial charge in [-0.3, -0.25) is 9.10 Å². The van der Waals surface area contributed by atoms with Crippen molar-refractivity contribution in [2.24, 2.45) is 0 Å². The summed E-state index contributed by atoms with van der Waals surface area (Å²) in [6, 6.07) is 8.37. The van der Waals surface area contributed by atoms with E-state index in [1.54, 1.807) is 18.2 Å². The van der Waals surface area contributed by atoms with Crippen LogP contribution in [-0.4, -0.2) is 26.6 Å². The molecule has 0 aliphatic heterocycles. The Labute approximate surface area is 167 Å². The highest BCUT2D eigenvalue weighted by atomic mass is 35.5. The predicted molar refractivity (Wildman–Crippen MR) is 108 cm³/mol. The van der Waals surface area contributed by atoms with Gasteiger partial charge in [0, 0.05) is 15.7 Å². The second-order valence-electron chi connectivity index (χ2n) is 5.78. The molecule has 0 unspecified atom stereocenters. The number of aryl methyl sites for hydroxylation is 1. The van der Waals surface area contributed by atoms with Crippen molar-refractivity contribution in [1.82, 2.24) is 0 Å². The number of nitrogens with zero attached hydrogens (tertiary/aromatic N) is 1. The number of hydrogen-bond acceptors (Lipinski definition) is 3. The number of anilines is 2. The van der Waals surface area contributed by atoms with Gasteiger partial charge in [0.1, 0.15) is 6.04 Å². The topological polar surface area (TPSA) is 66.5 Å². The lowest BCUT2D eigenvalue weighted by Crippen LogP contribution is -2.45. The van der Waals surface area contributed by atoms with Crippen LogP contribution in [-0.2, 0) is 14.8 Å². The molecule has 0 radical (unpaired) electrons. The Bertz CT molecular complexity index is 948. The maximum atomic E-state index is 12.6. The molecule has 1 atom stereocenters. The zero-order valence-corrected chi connectivity index (χ0v) is 17.3. The lowest BCUT2D eigenvalue weighted by molar-refractivity contribution is -0.116. The summed E-state index contributed by atoms with van der Waals surface area (Å²) < 4.78 is 25.6. The van der Waals surface area contributed by atoms with E-state index < -0.39 is 22.0 Å². The summed E-state index contributed by atoms with van der Waals surface area (Å²) in [7, 11) is -3.81. The standard InChI is InChI=1S/C17H17Cl3N2O3S/c1-10-4-6-13(9-15(10)20)21-17(23)11(2)22(26(3,24)25)16-8-12(18)5-7-14(16)19/h4-9,11H,1-3H3,(H,21,23)/t11-/m1/s1. The van der Waals surface area contributed by atoms with Gasteiger partial charge in [-0.15, -0.1) is 0 Å². The summed E-state index contributed by atoms with van der Waals surface area (Å²) in [6.45, 7) is 3.30. The van der Waals surface area contributed by atoms with Crippen LogP contribution >= 0.6 is 34.8 Å². The highest BCUT2D eigenvalue weighted by Gasteiger charge is 2.31. The lowest BCUT2D eigenvalue weighted by atomic mass is 10.2. The molecule has 1 N–H and O–H groups in total. The number of hydrogen-bond donors (Lipinski definition) is 1. The molecule has 0 heterocycles. The lowest BCUT2D eigenvalue weighted by Gasteiger charge is -2.29. The molecule has 0 fully saturated rings. The van der Waals surface area contributed by atoms with Gasteiger partial charge in [-0.05, 0) is 49.7 Å². The fourth-order valence-corrected chi connectivity index (χ4v) is 4.14. The van der Waals surface area contributed by atoms with Crippen LogP contribution in [0.4, 0.5) is 11.4 Å². The van der Waals surface area contributed by atoms with Crippen molar-refractivity contribution in [2.45, 2.75) is 19.9 Å². The van der Waals surface area contributed by atoms with Gasteiger partial charge >= 0.3 is 0 Å². The fraction of sp³-hybridized carbons (Fsp3) is 0.235. The molecular formula is C17H17Cl3N2O3S. The molecule has 2 aromatic carbocycles. The summed E-state index contributed by atoms with van der Waals surface area (Å²) in [5.74, 6) is -0.536. The highest BCUT2D eigenvalue weighted by molar-refractivity contribution is 7.92.